The fourth-order valence-corrected chi connectivity index (χ4v) is 3.65. The van der Waals surface area contributed by atoms with Crippen LogP contribution >= 0.6 is 11.3 Å². The molecule has 4 rings (SSSR count). The van der Waals surface area contributed by atoms with Gasteiger partial charge < -0.3 is 4.90 Å². The molecule has 0 aliphatic carbocycles. The van der Waals surface area contributed by atoms with Crippen LogP contribution in [0.15, 0.2) is 60.2 Å². The van der Waals surface area contributed by atoms with Gasteiger partial charge in [0.25, 0.3) is 5.91 Å². The first kappa shape index (κ1) is 13.3. The summed E-state index contributed by atoms with van der Waals surface area (Å²) in [6.07, 6.45) is 4.66. The number of hydrogen-bond donors (Lipinski definition) is 0. The Morgan fingerprint density at radius 2 is 2.18 bits per heavy atom. The van der Waals surface area contributed by atoms with Crippen molar-refractivity contribution in [2.24, 2.45) is 0 Å². The third kappa shape index (κ3) is 2.23. The predicted molar refractivity (Wildman–Crippen MR) is 86.3 cm³/mol. The summed E-state index contributed by atoms with van der Waals surface area (Å²) in [4.78, 5) is 16.0. The van der Waals surface area contributed by atoms with Crippen LogP contribution in [0.1, 0.15) is 27.7 Å². The molecular formula is C17H15N3OS. The number of thiophene rings is 1. The van der Waals surface area contributed by atoms with Crippen LogP contribution in [0.5, 0.6) is 0 Å². The molecule has 1 amide bonds. The minimum absolute atomic E-state index is 0.0960. The highest BCUT2D eigenvalue weighted by Crippen LogP contribution is 2.36. The SMILES string of the molecule is O=C(c1cccc(-n2cccn2)c1)N1CCC1c1cccs1. The van der Waals surface area contributed by atoms with Gasteiger partial charge in [0.2, 0.25) is 0 Å². The Bertz CT molecular complexity index is 780. The van der Waals surface area contributed by atoms with E-state index in [1.165, 1.54) is 4.88 Å². The zero-order chi connectivity index (χ0) is 14.9. The predicted octanol–water partition coefficient (Wildman–Crippen LogP) is 3.52. The summed E-state index contributed by atoms with van der Waals surface area (Å²) in [5.41, 5.74) is 1.62. The van der Waals surface area contributed by atoms with E-state index in [0.717, 1.165) is 18.7 Å². The van der Waals surface area contributed by atoms with E-state index in [2.05, 4.69) is 16.5 Å². The van der Waals surface area contributed by atoms with Gasteiger partial charge in [-0.3, -0.25) is 4.79 Å². The molecule has 4 nitrogen and oxygen atoms in total. The van der Waals surface area contributed by atoms with Crippen molar-refractivity contribution in [1.29, 1.82) is 0 Å². The first-order chi connectivity index (χ1) is 10.8. The first-order valence-electron chi connectivity index (χ1n) is 7.27. The molecule has 1 fully saturated rings. The summed E-state index contributed by atoms with van der Waals surface area (Å²) >= 11 is 1.72. The molecule has 2 aromatic heterocycles. The lowest BCUT2D eigenvalue weighted by Gasteiger charge is -2.40. The molecule has 0 bridgehead atoms. The van der Waals surface area contributed by atoms with Gasteiger partial charge in [-0.05, 0) is 42.1 Å². The van der Waals surface area contributed by atoms with Crippen molar-refractivity contribution in [2.75, 3.05) is 6.54 Å². The summed E-state index contributed by atoms with van der Waals surface area (Å²) in [6.45, 7) is 0.827. The minimum atomic E-state index is 0.0960. The summed E-state index contributed by atoms with van der Waals surface area (Å²) < 4.78 is 1.77. The highest BCUT2D eigenvalue weighted by Gasteiger charge is 2.34. The second-order valence-electron chi connectivity index (χ2n) is 5.32. The Morgan fingerprint density at radius 1 is 1.23 bits per heavy atom. The topological polar surface area (TPSA) is 38.1 Å². The lowest BCUT2D eigenvalue weighted by Crippen LogP contribution is -2.44. The van der Waals surface area contributed by atoms with Gasteiger partial charge in [-0.1, -0.05) is 12.1 Å². The number of nitrogens with zero attached hydrogens (tertiary/aromatic N) is 3. The normalized spacial score (nSPS) is 17.3. The average Bonchev–Trinajstić information content (AvgIpc) is 3.20. The maximum absolute atomic E-state index is 12.8. The van der Waals surface area contributed by atoms with Crippen molar-refractivity contribution >= 4 is 17.2 Å². The monoisotopic (exact) mass is 309 g/mol. The average molecular weight is 309 g/mol. The lowest BCUT2D eigenvalue weighted by molar-refractivity contribution is 0.0468. The van der Waals surface area contributed by atoms with E-state index in [4.69, 9.17) is 0 Å². The Labute approximate surface area is 132 Å². The van der Waals surface area contributed by atoms with E-state index in [1.54, 1.807) is 22.2 Å². The van der Waals surface area contributed by atoms with Crippen LogP contribution in [0.25, 0.3) is 5.69 Å². The van der Waals surface area contributed by atoms with Gasteiger partial charge in [0.1, 0.15) is 0 Å². The van der Waals surface area contributed by atoms with E-state index in [0.29, 0.717) is 5.56 Å². The Kier molecular flexibility index (Phi) is 3.27. The van der Waals surface area contributed by atoms with Crippen molar-refractivity contribution < 1.29 is 4.79 Å². The number of hydrogen-bond acceptors (Lipinski definition) is 3. The first-order valence-corrected chi connectivity index (χ1v) is 8.15. The summed E-state index contributed by atoms with van der Waals surface area (Å²) in [5, 5.41) is 6.28. The van der Waals surface area contributed by atoms with E-state index in [1.807, 2.05) is 47.5 Å². The smallest absolute Gasteiger partial charge is 0.254 e. The third-order valence-corrected chi connectivity index (χ3v) is 4.99. The lowest BCUT2D eigenvalue weighted by atomic mass is 9.99. The summed E-state index contributed by atoms with van der Waals surface area (Å²) in [7, 11) is 0. The zero-order valence-corrected chi connectivity index (χ0v) is 12.7. The zero-order valence-electron chi connectivity index (χ0n) is 11.9. The number of carbonyl (C=O) groups excluding carboxylic acids is 1. The van der Waals surface area contributed by atoms with Gasteiger partial charge in [-0.25, -0.2) is 4.68 Å². The standard InChI is InChI=1S/C17H15N3OS/c21-17(19-10-7-15(19)16-6-2-11-22-16)13-4-1-5-14(12-13)20-9-3-8-18-20/h1-6,8-9,11-12,15H,7,10H2. The molecule has 1 unspecified atom stereocenters. The van der Waals surface area contributed by atoms with Gasteiger partial charge in [0.15, 0.2) is 0 Å². The molecule has 1 atom stereocenters. The number of rotatable bonds is 3. The molecule has 0 radical (unpaired) electrons. The van der Waals surface area contributed by atoms with Crippen molar-refractivity contribution in [2.45, 2.75) is 12.5 Å². The molecule has 110 valence electrons. The van der Waals surface area contributed by atoms with Crippen LogP contribution in [0.2, 0.25) is 0 Å². The highest BCUT2D eigenvalue weighted by atomic mass is 32.1. The van der Waals surface area contributed by atoms with Crippen LogP contribution < -0.4 is 0 Å². The van der Waals surface area contributed by atoms with Crippen LogP contribution in [0.4, 0.5) is 0 Å². The van der Waals surface area contributed by atoms with Crippen molar-refractivity contribution in [3.8, 4) is 5.69 Å². The van der Waals surface area contributed by atoms with Gasteiger partial charge in [0.05, 0.1) is 11.7 Å². The number of amides is 1. The van der Waals surface area contributed by atoms with E-state index in [-0.39, 0.29) is 11.9 Å². The second-order valence-corrected chi connectivity index (χ2v) is 6.30. The molecular weight excluding hydrogens is 294 g/mol. The molecule has 3 heterocycles. The van der Waals surface area contributed by atoms with Gasteiger partial charge in [-0.15, -0.1) is 11.3 Å². The molecule has 1 aliphatic heterocycles. The largest absolute Gasteiger partial charge is 0.331 e. The van der Waals surface area contributed by atoms with Crippen LogP contribution in [-0.2, 0) is 0 Å². The van der Waals surface area contributed by atoms with Gasteiger partial charge in [-0.2, -0.15) is 5.10 Å². The van der Waals surface area contributed by atoms with Crippen molar-refractivity contribution in [3.63, 3.8) is 0 Å². The molecule has 1 aromatic carbocycles. The van der Waals surface area contributed by atoms with Crippen LogP contribution in [0.3, 0.4) is 0 Å². The van der Waals surface area contributed by atoms with E-state index >= 15 is 0 Å². The Balaban J connectivity index is 1.60. The van der Waals surface area contributed by atoms with Crippen molar-refractivity contribution in [1.82, 2.24) is 14.7 Å². The third-order valence-electron chi connectivity index (χ3n) is 4.01. The molecule has 0 N–H and O–H groups in total. The van der Waals surface area contributed by atoms with Gasteiger partial charge >= 0.3 is 0 Å². The van der Waals surface area contributed by atoms with Crippen LogP contribution in [-0.4, -0.2) is 27.1 Å². The van der Waals surface area contributed by atoms with Crippen LogP contribution in [0, 0.1) is 0 Å². The number of aromatic nitrogens is 2. The van der Waals surface area contributed by atoms with E-state index < -0.39 is 0 Å². The molecule has 3 aromatic rings. The van der Waals surface area contributed by atoms with Crippen molar-refractivity contribution in [3.05, 3.63) is 70.7 Å². The quantitative estimate of drug-likeness (QED) is 0.742. The minimum Gasteiger partial charge on any atom is -0.331 e. The Hall–Kier alpha value is -2.40. The number of benzene rings is 1. The molecule has 1 aliphatic rings. The number of carbonyl (C=O) groups is 1. The van der Waals surface area contributed by atoms with Gasteiger partial charge in [0, 0.05) is 29.4 Å². The fourth-order valence-electron chi connectivity index (χ4n) is 2.78. The number of likely N-dealkylation sites (tertiary alicyclic amines) is 1. The second kappa shape index (κ2) is 5.42. The maximum Gasteiger partial charge on any atom is 0.254 e. The van der Waals surface area contributed by atoms with E-state index in [9.17, 15) is 4.79 Å². The molecule has 22 heavy (non-hydrogen) atoms. The molecule has 5 heteroatoms. The summed E-state index contributed by atoms with van der Waals surface area (Å²) in [6, 6.07) is 13.9. The summed E-state index contributed by atoms with van der Waals surface area (Å²) in [5.74, 6) is 0.0960. The Morgan fingerprint density at radius 3 is 2.86 bits per heavy atom. The molecule has 0 saturated carbocycles. The molecule has 0 spiro atoms. The molecule has 1 saturated heterocycles. The maximum atomic E-state index is 12.8. The highest BCUT2D eigenvalue weighted by molar-refractivity contribution is 7.10. The fraction of sp³-hybridized carbons (Fsp3) is 0.176.